The van der Waals surface area contributed by atoms with Crippen LogP contribution in [0, 0.1) is 0 Å². The normalized spacial score (nSPS) is 20.7. The van der Waals surface area contributed by atoms with Crippen molar-refractivity contribution in [3.63, 3.8) is 0 Å². The number of hydrogen-bond donors (Lipinski definition) is 2. The Bertz CT molecular complexity index is 822. The summed E-state index contributed by atoms with van der Waals surface area (Å²) in [7, 11) is 0. The first kappa shape index (κ1) is 15.8. The van der Waals surface area contributed by atoms with E-state index in [2.05, 4.69) is 26.4 Å². The molecule has 25 heavy (non-hydrogen) atoms. The Labute approximate surface area is 146 Å². The monoisotopic (exact) mass is 336 g/mol. The summed E-state index contributed by atoms with van der Waals surface area (Å²) in [5.41, 5.74) is 0.833. The highest BCUT2D eigenvalue weighted by atomic mass is 16.5. The van der Waals surface area contributed by atoms with Crippen molar-refractivity contribution in [1.82, 2.24) is 20.3 Å². The minimum atomic E-state index is -0.925. The van der Waals surface area contributed by atoms with Crippen LogP contribution in [0.3, 0.4) is 0 Å². The zero-order chi connectivity index (χ0) is 17.1. The Hall–Kier alpha value is -2.70. The smallest absolute Gasteiger partial charge is 0.127 e. The second kappa shape index (κ2) is 6.66. The summed E-state index contributed by atoms with van der Waals surface area (Å²) in [6, 6.07) is 17.8. The molecule has 1 atom stereocenters. The van der Waals surface area contributed by atoms with Gasteiger partial charge in [-0.1, -0.05) is 30.3 Å². The number of aromatic amines is 1. The topological polar surface area (TPSA) is 74.3 Å². The molecule has 1 aromatic heterocycles. The van der Waals surface area contributed by atoms with Crippen molar-refractivity contribution >= 4 is 0 Å². The van der Waals surface area contributed by atoms with E-state index in [0.29, 0.717) is 18.7 Å². The number of benzene rings is 2. The molecular weight excluding hydrogens is 316 g/mol. The van der Waals surface area contributed by atoms with Gasteiger partial charge in [-0.15, -0.1) is 0 Å². The van der Waals surface area contributed by atoms with Crippen LogP contribution in [0.2, 0.25) is 0 Å². The fraction of sp³-hybridized carbons (Fsp3) is 0.263. The Morgan fingerprint density at radius 2 is 1.96 bits per heavy atom. The Morgan fingerprint density at radius 3 is 2.76 bits per heavy atom. The van der Waals surface area contributed by atoms with Crippen LogP contribution in [0.4, 0.5) is 0 Å². The molecule has 0 spiro atoms. The van der Waals surface area contributed by atoms with E-state index in [9.17, 15) is 5.11 Å². The lowest BCUT2D eigenvalue weighted by molar-refractivity contribution is 0.0409. The van der Waals surface area contributed by atoms with E-state index in [-0.39, 0.29) is 0 Å². The lowest BCUT2D eigenvalue weighted by Crippen LogP contribution is -2.31. The van der Waals surface area contributed by atoms with Gasteiger partial charge in [0, 0.05) is 19.6 Å². The zero-order valence-corrected chi connectivity index (χ0v) is 13.8. The maximum Gasteiger partial charge on any atom is 0.127 e. The number of likely N-dealkylation sites (tertiary alicyclic amines) is 1. The summed E-state index contributed by atoms with van der Waals surface area (Å²) in [5.74, 6) is 1.64. The highest BCUT2D eigenvalue weighted by Gasteiger charge is 2.39. The van der Waals surface area contributed by atoms with Crippen molar-refractivity contribution in [1.29, 1.82) is 0 Å². The van der Waals surface area contributed by atoms with Crippen molar-refractivity contribution in [2.75, 3.05) is 13.1 Å². The fourth-order valence-electron chi connectivity index (χ4n) is 3.23. The van der Waals surface area contributed by atoms with Crippen molar-refractivity contribution in [2.24, 2.45) is 0 Å². The number of nitrogens with zero attached hydrogens (tertiary/aromatic N) is 3. The lowest BCUT2D eigenvalue weighted by atomic mass is 10.00. The molecule has 1 saturated heterocycles. The molecule has 3 aromatic rings. The molecule has 1 fully saturated rings. The molecule has 0 aliphatic carbocycles. The molecule has 0 saturated carbocycles. The van der Waals surface area contributed by atoms with E-state index in [4.69, 9.17) is 4.74 Å². The number of aromatic nitrogens is 3. The van der Waals surface area contributed by atoms with Gasteiger partial charge in [0.15, 0.2) is 0 Å². The molecule has 6 nitrogen and oxygen atoms in total. The fourth-order valence-corrected chi connectivity index (χ4v) is 3.23. The standard InChI is InChI=1S/C19H20N4O2/c24-19(18-12-20-22-21-18)9-10-23(14-19)13-15-5-4-8-17(11-15)25-16-6-2-1-3-7-16/h1-8,11-12,24H,9-10,13-14H2,(H,20,21,22). The largest absolute Gasteiger partial charge is 0.457 e. The Kier molecular flexibility index (Phi) is 4.21. The molecule has 6 heteroatoms. The van der Waals surface area contributed by atoms with Crippen LogP contribution in [0.25, 0.3) is 0 Å². The molecule has 4 rings (SSSR count). The molecule has 2 aromatic carbocycles. The summed E-state index contributed by atoms with van der Waals surface area (Å²) in [4.78, 5) is 2.22. The molecule has 2 N–H and O–H groups in total. The second-order valence-electron chi connectivity index (χ2n) is 6.41. The van der Waals surface area contributed by atoms with Gasteiger partial charge in [-0.05, 0) is 36.2 Å². The van der Waals surface area contributed by atoms with Crippen LogP contribution in [-0.4, -0.2) is 38.5 Å². The highest BCUT2D eigenvalue weighted by molar-refractivity contribution is 5.34. The number of aliphatic hydroxyl groups is 1. The number of hydrogen-bond acceptors (Lipinski definition) is 5. The van der Waals surface area contributed by atoms with E-state index in [1.165, 1.54) is 0 Å². The van der Waals surface area contributed by atoms with Crippen LogP contribution < -0.4 is 4.74 Å². The van der Waals surface area contributed by atoms with Gasteiger partial charge < -0.3 is 9.84 Å². The van der Waals surface area contributed by atoms with Crippen molar-refractivity contribution < 1.29 is 9.84 Å². The predicted molar refractivity (Wildman–Crippen MR) is 93.1 cm³/mol. The minimum Gasteiger partial charge on any atom is -0.457 e. The number of rotatable bonds is 5. The number of ether oxygens (including phenoxy) is 1. The van der Waals surface area contributed by atoms with E-state index in [1.54, 1.807) is 6.20 Å². The quantitative estimate of drug-likeness (QED) is 0.749. The second-order valence-corrected chi connectivity index (χ2v) is 6.41. The molecular formula is C19H20N4O2. The average Bonchev–Trinajstić information content (AvgIpc) is 3.27. The summed E-state index contributed by atoms with van der Waals surface area (Å²) in [6.45, 7) is 2.11. The van der Waals surface area contributed by atoms with Gasteiger partial charge in [0.2, 0.25) is 0 Å². The summed E-state index contributed by atoms with van der Waals surface area (Å²) >= 11 is 0. The molecule has 128 valence electrons. The van der Waals surface area contributed by atoms with E-state index in [0.717, 1.165) is 30.2 Å². The molecule has 2 heterocycles. The number of H-pyrrole nitrogens is 1. The molecule has 0 amide bonds. The average molecular weight is 336 g/mol. The Balaban J connectivity index is 1.43. The minimum absolute atomic E-state index is 0.545. The van der Waals surface area contributed by atoms with Crippen LogP contribution in [0.5, 0.6) is 11.5 Å². The number of nitrogens with one attached hydrogen (secondary N) is 1. The number of β-amino-alcohol motifs (C(OH)–C–C–N with tert-alkyl or cyclic N) is 1. The third-order valence-electron chi connectivity index (χ3n) is 4.50. The van der Waals surface area contributed by atoms with Crippen LogP contribution in [0.1, 0.15) is 17.7 Å². The summed E-state index contributed by atoms with van der Waals surface area (Å²) < 4.78 is 5.89. The van der Waals surface area contributed by atoms with Crippen molar-refractivity contribution in [2.45, 2.75) is 18.6 Å². The summed E-state index contributed by atoms with van der Waals surface area (Å²) in [5, 5.41) is 21.2. The first-order chi connectivity index (χ1) is 12.2. The zero-order valence-electron chi connectivity index (χ0n) is 13.8. The maximum absolute atomic E-state index is 10.8. The van der Waals surface area contributed by atoms with Gasteiger partial charge in [0.1, 0.15) is 22.8 Å². The van der Waals surface area contributed by atoms with Gasteiger partial charge in [0.25, 0.3) is 0 Å². The van der Waals surface area contributed by atoms with Crippen LogP contribution in [0.15, 0.2) is 60.8 Å². The molecule has 1 aliphatic heterocycles. The Morgan fingerprint density at radius 1 is 1.12 bits per heavy atom. The van der Waals surface area contributed by atoms with E-state index < -0.39 is 5.60 Å². The van der Waals surface area contributed by atoms with Crippen molar-refractivity contribution in [3.8, 4) is 11.5 Å². The first-order valence-electron chi connectivity index (χ1n) is 8.34. The third kappa shape index (κ3) is 3.55. The maximum atomic E-state index is 10.8. The van der Waals surface area contributed by atoms with Crippen molar-refractivity contribution in [3.05, 3.63) is 72.1 Å². The highest BCUT2D eigenvalue weighted by Crippen LogP contribution is 2.31. The van der Waals surface area contributed by atoms with Gasteiger partial charge in [-0.2, -0.15) is 15.4 Å². The SMILES string of the molecule is OC1(c2cn[nH]n2)CCN(Cc2cccc(Oc3ccccc3)c2)C1. The molecule has 1 unspecified atom stereocenters. The van der Waals surface area contributed by atoms with Gasteiger partial charge >= 0.3 is 0 Å². The van der Waals surface area contributed by atoms with Gasteiger partial charge in [-0.3, -0.25) is 4.90 Å². The predicted octanol–water partition coefficient (Wildman–Crippen LogP) is 2.69. The van der Waals surface area contributed by atoms with Crippen LogP contribution >= 0.6 is 0 Å². The van der Waals surface area contributed by atoms with E-state index >= 15 is 0 Å². The summed E-state index contributed by atoms with van der Waals surface area (Å²) in [6.07, 6.45) is 2.25. The molecule has 0 bridgehead atoms. The first-order valence-corrected chi connectivity index (χ1v) is 8.34. The number of para-hydroxylation sites is 1. The van der Waals surface area contributed by atoms with Crippen LogP contribution in [-0.2, 0) is 12.1 Å². The third-order valence-corrected chi connectivity index (χ3v) is 4.50. The molecule has 0 radical (unpaired) electrons. The van der Waals surface area contributed by atoms with E-state index in [1.807, 2.05) is 48.5 Å². The van der Waals surface area contributed by atoms with Gasteiger partial charge in [-0.25, -0.2) is 0 Å². The molecule has 1 aliphatic rings. The van der Waals surface area contributed by atoms with Gasteiger partial charge in [0.05, 0.1) is 6.20 Å². The lowest BCUT2D eigenvalue weighted by Gasteiger charge is -2.21.